The van der Waals surface area contributed by atoms with E-state index < -0.39 is 0 Å². The highest BCUT2D eigenvalue weighted by atomic mass is 32.1. The minimum absolute atomic E-state index is 1.19. The molecule has 0 atom stereocenters. The van der Waals surface area contributed by atoms with E-state index in [-0.39, 0.29) is 0 Å². The van der Waals surface area contributed by atoms with Gasteiger partial charge >= 0.3 is 0 Å². The molecule has 0 bridgehead atoms. The van der Waals surface area contributed by atoms with Crippen molar-refractivity contribution in [1.29, 1.82) is 0 Å². The molecule has 0 unspecified atom stereocenters. The summed E-state index contributed by atoms with van der Waals surface area (Å²) in [6, 6.07) is 0. The molecule has 1 rings (SSSR count). The van der Waals surface area contributed by atoms with E-state index in [1.807, 2.05) is 11.4 Å². The van der Waals surface area contributed by atoms with Crippen molar-refractivity contribution in [2.45, 2.75) is 26.7 Å². The predicted octanol–water partition coefficient (Wildman–Crippen LogP) is 2.52. The number of rotatable bonds is 2. The first-order valence-electron chi connectivity index (χ1n) is 3.77. The second-order valence-corrected chi connectivity index (χ2v) is 3.24. The van der Waals surface area contributed by atoms with Crippen LogP contribution in [0.25, 0.3) is 0 Å². The summed E-state index contributed by atoms with van der Waals surface area (Å²) in [5, 5.41) is 2.14. The maximum Gasteiger partial charge on any atom is 0.230 e. The summed E-state index contributed by atoms with van der Waals surface area (Å²) >= 11 is 1.84. The summed E-state index contributed by atoms with van der Waals surface area (Å²) in [7, 11) is 0. The Morgan fingerprint density at radius 1 is 1.40 bits per heavy atom. The minimum Gasteiger partial charge on any atom is -0.0614 e. The Morgan fingerprint density at radius 3 is 2.50 bits per heavy atom. The average molecular weight is 153 g/mol. The smallest absolute Gasteiger partial charge is 0.0614 e. The molecular formula is C9H13S+. The zero-order chi connectivity index (χ0) is 7.40. The fourth-order valence-electron chi connectivity index (χ4n) is 1.08. The molecule has 1 heterocycles. The van der Waals surface area contributed by atoms with E-state index in [1.54, 1.807) is 5.57 Å². The molecule has 0 saturated carbocycles. The second kappa shape index (κ2) is 3.67. The zero-order valence-corrected chi connectivity index (χ0v) is 7.37. The maximum absolute atomic E-state index is 2.22. The van der Waals surface area contributed by atoms with Gasteiger partial charge in [0.15, 0.2) is 5.37 Å². The molecule has 0 radical (unpaired) electrons. The highest BCUT2D eigenvalue weighted by molar-refractivity contribution is 7.82. The number of hydrogen-bond donors (Lipinski definition) is 0. The molecule has 1 aliphatic rings. The van der Waals surface area contributed by atoms with Crippen molar-refractivity contribution >= 4 is 16.7 Å². The molecule has 0 aromatic heterocycles. The van der Waals surface area contributed by atoms with E-state index in [0.29, 0.717) is 0 Å². The molecule has 10 heavy (non-hydrogen) atoms. The normalized spacial score (nSPS) is 14.8. The molecule has 0 aliphatic carbocycles. The van der Waals surface area contributed by atoms with Gasteiger partial charge in [-0.2, -0.15) is 0 Å². The first-order valence-corrected chi connectivity index (χ1v) is 4.65. The molecular weight excluding hydrogens is 140 g/mol. The van der Waals surface area contributed by atoms with Crippen LogP contribution in [0.3, 0.4) is 0 Å². The van der Waals surface area contributed by atoms with Gasteiger partial charge in [0.2, 0.25) is 16.3 Å². The number of hydrogen-bond acceptors (Lipinski definition) is 0. The lowest BCUT2D eigenvalue weighted by molar-refractivity contribution is 0.974. The van der Waals surface area contributed by atoms with Gasteiger partial charge in [0.1, 0.15) is 0 Å². The van der Waals surface area contributed by atoms with Crippen LogP contribution in [0.1, 0.15) is 26.7 Å². The highest BCUT2D eigenvalue weighted by Gasteiger charge is 2.12. The molecule has 0 N–H and O–H groups in total. The van der Waals surface area contributed by atoms with Crippen LogP contribution in [-0.2, 0) is 11.4 Å². The third kappa shape index (κ3) is 1.54. The van der Waals surface area contributed by atoms with Gasteiger partial charge in [-0.25, -0.2) is 0 Å². The van der Waals surface area contributed by atoms with Crippen molar-refractivity contribution in [2.24, 2.45) is 0 Å². The summed E-state index contributed by atoms with van der Waals surface area (Å²) in [6.07, 6.45) is 6.70. The summed E-state index contributed by atoms with van der Waals surface area (Å²) in [4.78, 5) is 1.46. The molecule has 0 saturated heterocycles. The standard InChI is InChI=1S/C9H13S/c1-3-8(4-2)9-6-5-7-10-9/h5-7H,3-4H2,1-2H3/q+1. The predicted molar refractivity (Wildman–Crippen MR) is 50.2 cm³/mol. The van der Waals surface area contributed by atoms with E-state index in [1.165, 1.54) is 17.7 Å². The summed E-state index contributed by atoms with van der Waals surface area (Å²) in [5.74, 6) is 0. The zero-order valence-electron chi connectivity index (χ0n) is 6.55. The SMILES string of the molecule is CCC(CC)=C1C=CC=[S+]1. The summed E-state index contributed by atoms with van der Waals surface area (Å²) in [6.45, 7) is 4.44. The van der Waals surface area contributed by atoms with E-state index in [9.17, 15) is 0 Å². The van der Waals surface area contributed by atoms with Crippen LogP contribution in [-0.4, -0.2) is 5.37 Å². The molecule has 0 spiro atoms. The van der Waals surface area contributed by atoms with Crippen molar-refractivity contribution in [3.63, 3.8) is 0 Å². The van der Waals surface area contributed by atoms with Gasteiger partial charge in [0, 0.05) is 12.2 Å². The van der Waals surface area contributed by atoms with Gasteiger partial charge in [-0.15, -0.1) is 0 Å². The van der Waals surface area contributed by atoms with Crippen molar-refractivity contribution in [1.82, 2.24) is 0 Å². The summed E-state index contributed by atoms with van der Waals surface area (Å²) in [5.41, 5.74) is 1.58. The molecule has 0 aromatic carbocycles. The number of allylic oxidation sites excluding steroid dienone is 3. The molecule has 1 aliphatic heterocycles. The average Bonchev–Trinajstić information content (AvgIpc) is 2.43. The van der Waals surface area contributed by atoms with Crippen molar-refractivity contribution in [3.8, 4) is 0 Å². The van der Waals surface area contributed by atoms with Crippen molar-refractivity contribution in [3.05, 3.63) is 22.6 Å². The van der Waals surface area contributed by atoms with Crippen LogP contribution in [0.4, 0.5) is 0 Å². The molecule has 0 nitrogen and oxygen atoms in total. The van der Waals surface area contributed by atoms with Crippen LogP contribution < -0.4 is 0 Å². The van der Waals surface area contributed by atoms with Crippen molar-refractivity contribution < 1.29 is 0 Å². The van der Waals surface area contributed by atoms with Gasteiger partial charge < -0.3 is 0 Å². The lowest BCUT2D eigenvalue weighted by atomic mass is 10.1. The Bertz CT molecular complexity index is 177. The maximum atomic E-state index is 2.22. The van der Waals surface area contributed by atoms with Crippen LogP contribution in [0.2, 0.25) is 0 Å². The van der Waals surface area contributed by atoms with Crippen LogP contribution in [0.5, 0.6) is 0 Å². The Kier molecular flexibility index (Phi) is 2.82. The molecule has 0 amide bonds. The van der Waals surface area contributed by atoms with E-state index in [2.05, 4.69) is 31.4 Å². The fraction of sp³-hybridized carbons (Fsp3) is 0.444. The Morgan fingerprint density at radius 2 is 2.10 bits per heavy atom. The third-order valence-corrected chi connectivity index (χ3v) is 2.70. The molecule has 0 aromatic rings. The first kappa shape index (κ1) is 7.67. The quantitative estimate of drug-likeness (QED) is 0.422. The van der Waals surface area contributed by atoms with Gasteiger partial charge in [0.05, 0.1) is 0 Å². The Hall–Kier alpha value is -0.430. The van der Waals surface area contributed by atoms with E-state index in [0.717, 1.165) is 0 Å². The van der Waals surface area contributed by atoms with Crippen LogP contribution in [0, 0.1) is 0 Å². The lowest BCUT2D eigenvalue weighted by Gasteiger charge is -1.93. The van der Waals surface area contributed by atoms with Crippen LogP contribution >= 0.6 is 0 Å². The van der Waals surface area contributed by atoms with Gasteiger partial charge in [-0.3, -0.25) is 0 Å². The minimum atomic E-state index is 1.19. The van der Waals surface area contributed by atoms with Crippen molar-refractivity contribution in [2.75, 3.05) is 0 Å². The lowest BCUT2D eigenvalue weighted by Crippen LogP contribution is -1.83. The van der Waals surface area contributed by atoms with Gasteiger partial charge in [-0.1, -0.05) is 13.8 Å². The van der Waals surface area contributed by atoms with E-state index >= 15 is 0 Å². The third-order valence-electron chi connectivity index (χ3n) is 1.72. The monoisotopic (exact) mass is 153 g/mol. The van der Waals surface area contributed by atoms with Crippen LogP contribution in [0.15, 0.2) is 22.6 Å². The largest absolute Gasteiger partial charge is 0.230 e. The van der Waals surface area contributed by atoms with E-state index in [4.69, 9.17) is 0 Å². The fourth-order valence-corrected chi connectivity index (χ4v) is 1.99. The first-order chi connectivity index (χ1) is 4.88. The molecule has 0 fully saturated rings. The molecule has 1 heteroatoms. The highest BCUT2D eigenvalue weighted by Crippen LogP contribution is 2.15. The van der Waals surface area contributed by atoms with Gasteiger partial charge in [-0.05, 0) is 18.4 Å². The topological polar surface area (TPSA) is 0 Å². The molecule has 54 valence electrons. The Balaban J connectivity index is 2.81. The summed E-state index contributed by atoms with van der Waals surface area (Å²) < 4.78 is 0. The Labute approximate surface area is 66.6 Å². The van der Waals surface area contributed by atoms with Gasteiger partial charge in [0.25, 0.3) is 0 Å². The second-order valence-electron chi connectivity index (χ2n) is 2.29.